The molecule has 2 heterocycles. The number of piperidine rings is 1. The van der Waals surface area contributed by atoms with Crippen LogP contribution >= 0.6 is 0 Å². The number of Topliss-reactive ketones (excluding diaryl/α,β-unsaturated/α-hetero) is 1. The third-order valence-corrected chi connectivity index (χ3v) is 4.71. The SMILES string of the molecule is O=C(CNC(=O)[C@@H]1CC[C@@H]2CN1C(=O)N2OS(=O)(=O)O)C1CC1F. The van der Waals surface area contributed by atoms with E-state index in [1.807, 2.05) is 0 Å². The van der Waals surface area contributed by atoms with Crippen molar-refractivity contribution in [3.8, 4) is 0 Å². The minimum Gasteiger partial charge on any atom is -0.347 e. The molecule has 134 valence electrons. The Balaban J connectivity index is 1.59. The molecule has 0 spiro atoms. The zero-order valence-electron chi connectivity index (χ0n) is 12.4. The first-order chi connectivity index (χ1) is 11.2. The lowest BCUT2D eigenvalue weighted by Gasteiger charge is -2.29. The molecule has 2 bridgehead atoms. The lowest BCUT2D eigenvalue weighted by atomic mass is 10.0. The van der Waals surface area contributed by atoms with Crippen molar-refractivity contribution in [1.82, 2.24) is 15.3 Å². The Bertz CT molecular complexity index is 684. The molecule has 0 aromatic heterocycles. The van der Waals surface area contributed by atoms with Crippen molar-refractivity contribution in [3.05, 3.63) is 0 Å². The molecule has 24 heavy (non-hydrogen) atoms. The first-order valence-electron chi connectivity index (χ1n) is 7.38. The van der Waals surface area contributed by atoms with E-state index in [1.165, 1.54) is 0 Å². The van der Waals surface area contributed by atoms with Crippen LogP contribution in [0.3, 0.4) is 0 Å². The molecule has 12 heteroatoms. The molecule has 0 aromatic carbocycles. The Morgan fingerprint density at radius 2 is 2.04 bits per heavy atom. The van der Waals surface area contributed by atoms with Gasteiger partial charge in [0.05, 0.1) is 18.5 Å². The molecule has 2 aliphatic heterocycles. The van der Waals surface area contributed by atoms with E-state index in [9.17, 15) is 27.2 Å². The molecule has 3 amide bonds. The second kappa shape index (κ2) is 5.93. The number of amides is 3. The summed E-state index contributed by atoms with van der Waals surface area (Å²) < 4.78 is 47.3. The van der Waals surface area contributed by atoms with E-state index in [1.54, 1.807) is 0 Å². The van der Waals surface area contributed by atoms with Crippen LogP contribution in [-0.4, -0.2) is 72.0 Å². The van der Waals surface area contributed by atoms with Crippen LogP contribution in [0, 0.1) is 5.92 Å². The van der Waals surface area contributed by atoms with Crippen LogP contribution in [0.5, 0.6) is 0 Å². The number of halogens is 1. The van der Waals surface area contributed by atoms with Gasteiger partial charge in [-0.05, 0) is 19.3 Å². The first kappa shape index (κ1) is 17.0. The van der Waals surface area contributed by atoms with Crippen LogP contribution in [-0.2, 0) is 24.3 Å². The maximum absolute atomic E-state index is 12.8. The lowest BCUT2D eigenvalue weighted by molar-refractivity contribution is -0.129. The zero-order valence-corrected chi connectivity index (χ0v) is 13.2. The van der Waals surface area contributed by atoms with Crippen LogP contribution in [0.2, 0.25) is 0 Å². The van der Waals surface area contributed by atoms with Crippen molar-refractivity contribution in [2.24, 2.45) is 5.92 Å². The number of hydroxylamine groups is 2. The van der Waals surface area contributed by atoms with Crippen molar-refractivity contribution in [2.45, 2.75) is 37.5 Å². The Kier molecular flexibility index (Phi) is 4.21. The van der Waals surface area contributed by atoms with Gasteiger partial charge >= 0.3 is 16.4 Å². The Labute approximate surface area is 136 Å². The number of hydrogen-bond acceptors (Lipinski definition) is 6. The molecular formula is C12H16FN3O7S. The quantitative estimate of drug-likeness (QED) is 0.579. The summed E-state index contributed by atoms with van der Waals surface area (Å²) in [5, 5.41) is 2.92. The highest BCUT2D eigenvalue weighted by atomic mass is 32.3. The van der Waals surface area contributed by atoms with Gasteiger partial charge in [-0.2, -0.15) is 13.5 Å². The molecular weight excluding hydrogens is 349 g/mol. The fourth-order valence-corrected chi connectivity index (χ4v) is 3.41. The normalized spacial score (nSPS) is 32.0. The fourth-order valence-electron chi connectivity index (χ4n) is 3.02. The molecule has 1 saturated carbocycles. The van der Waals surface area contributed by atoms with Gasteiger partial charge in [0, 0.05) is 6.54 Å². The number of rotatable bonds is 6. The maximum atomic E-state index is 12.8. The van der Waals surface area contributed by atoms with E-state index >= 15 is 0 Å². The molecule has 0 aromatic rings. The highest BCUT2D eigenvalue weighted by Gasteiger charge is 2.49. The first-order valence-corrected chi connectivity index (χ1v) is 8.75. The van der Waals surface area contributed by atoms with Gasteiger partial charge < -0.3 is 10.2 Å². The molecule has 3 rings (SSSR count). The molecule has 1 aliphatic carbocycles. The zero-order chi connectivity index (χ0) is 17.6. The van der Waals surface area contributed by atoms with Gasteiger partial charge in [0.2, 0.25) is 5.91 Å². The third kappa shape index (κ3) is 3.35. The highest BCUT2D eigenvalue weighted by Crippen LogP contribution is 2.34. The van der Waals surface area contributed by atoms with Crippen molar-refractivity contribution in [1.29, 1.82) is 0 Å². The summed E-state index contributed by atoms with van der Waals surface area (Å²) in [5.41, 5.74) is 0. The van der Waals surface area contributed by atoms with E-state index in [-0.39, 0.29) is 25.9 Å². The number of nitrogens with zero attached hydrogens (tertiary/aromatic N) is 2. The van der Waals surface area contributed by atoms with Gasteiger partial charge in [0.1, 0.15) is 12.2 Å². The molecule has 4 atom stereocenters. The van der Waals surface area contributed by atoms with E-state index in [0.717, 1.165) is 4.90 Å². The summed E-state index contributed by atoms with van der Waals surface area (Å²) in [7, 11) is -4.85. The van der Waals surface area contributed by atoms with Gasteiger partial charge in [-0.3, -0.25) is 14.1 Å². The number of ketones is 1. The minimum absolute atomic E-state index is 0.0650. The van der Waals surface area contributed by atoms with Gasteiger partial charge in [-0.25, -0.2) is 9.18 Å². The summed E-state index contributed by atoms with van der Waals surface area (Å²) in [4.78, 5) is 37.0. The third-order valence-electron chi connectivity index (χ3n) is 4.36. The Morgan fingerprint density at radius 1 is 1.38 bits per heavy atom. The number of fused-ring (bicyclic) bond motifs is 2. The largest absolute Gasteiger partial charge is 0.418 e. The fraction of sp³-hybridized carbons (Fsp3) is 0.750. The molecule has 0 radical (unpaired) electrons. The van der Waals surface area contributed by atoms with Crippen LogP contribution in [0.1, 0.15) is 19.3 Å². The highest BCUT2D eigenvalue weighted by molar-refractivity contribution is 7.80. The summed E-state index contributed by atoms with van der Waals surface area (Å²) in [6, 6.07) is -2.33. The average Bonchev–Trinajstić information content (AvgIpc) is 3.20. The summed E-state index contributed by atoms with van der Waals surface area (Å²) in [6.45, 7) is -0.243. The minimum atomic E-state index is -4.85. The monoisotopic (exact) mass is 365 g/mol. The molecule has 3 aliphatic rings. The van der Waals surface area contributed by atoms with Crippen molar-refractivity contribution < 1.29 is 36.0 Å². The van der Waals surface area contributed by atoms with E-state index in [0.29, 0.717) is 11.5 Å². The van der Waals surface area contributed by atoms with E-state index in [2.05, 4.69) is 9.60 Å². The number of carbonyl (C=O) groups is 3. The summed E-state index contributed by atoms with van der Waals surface area (Å²) in [6.07, 6.45) is -0.432. The number of carbonyl (C=O) groups excluding carboxylic acids is 3. The second-order valence-electron chi connectivity index (χ2n) is 6.05. The lowest BCUT2D eigenvalue weighted by Crippen LogP contribution is -2.50. The predicted molar refractivity (Wildman–Crippen MR) is 74.4 cm³/mol. The van der Waals surface area contributed by atoms with Crippen LogP contribution < -0.4 is 5.32 Å². The number of urea groups is 1. The van der Waals surface area contributed by atoms with Gasteiger partial charge in [0.25, 0.3) is 0 Å². The summed E-state index contributed by atoms with van der Waals surface area (Å²) >= 11 is 0. The van der Waals surface area contributed by atoms with Crippen LogP contribution in [0.25, 0.3) is 0 Å². The average molecular weight is 365 g/mol. The van der Waals surface area contributed by atoms with Gasteiger partial charge in [-0.1, -0.05) is 0 Å². The van der Waals surface area contributed by atoms with Gasteiger partial charge in [0.15, 0.2) is 5.78 Å². The Hall–Kier alpha value is -1.79. The Morgan fingerprint density at radius 3 is 2.62 bits per heavy atom. The topological polar surface area (TPSA) is 133 Å². The molecule has 2 N–H and O–H groups in total. The summed E-state index contributed by atoms with van der Waals surface area (Å²) in [5.74, 6) is -1.62. The number of alkyl halides is 1. The van der Waals surface area contributed by atoms with Crippen molar-refractivity contribution in [3.63, 3.8) is 0 Å². The van der Waals surface area contributed by atoms with E-state index in [4.69, 9.17) is 4.55 Å². The van der Waals surface area contributed by atoms with Crippen molar-refractivity contribution >= 4 is 28.1 Å². The maximum Gasteiger partial charge on any atom is 0.418 e. The smallest absolute Gasteiger partial charge is 0.347 e. The molecule has 2 unspecified atom stereocenters. The van der Waals surface area contributed by atoms with Crippen LogP contribution in [0.15, 0.2) is 0 Å². The van der Waals surface area contributed by atoms with E-state index < -0.39 is 52.3 Å². The van der Waals surface area contributed by atoms with Crippen LogP contribution in [0.4, 0.5) is 9.18 Å². The van der Waals surface area contributed by atoms with Crippen molar-refractivity contribution in [2.75, 3.05) is 13.1 Å². The molecule has 3 fully saturated rings. The molecule has 10 nitrogen and oxygen atoms in total. The standard InChI is InChI=1S/C12H16FN3O7S/c13-8-3-7(8)10(17)4-14-11(18)9-2-1-6-5-15(9)12(19)16(6)23-24(20,21)22/h6-9H,1-5H2,(H,14,18)(H,20,21,22)/t6-,7?,8?,9+/m1/s1. The number of nitrogens with one attached hydrogen (secondary N) is 1. The molecule has 2 saturated heterocycles. The second-order valence-corrected chi connectivity index (χ2v) is 7.06. The number of hydrogen-bond donors (Lipinski definition) is 2. The van der Waals surface area contributed by atoms with Gasteiger partial charge in [-0.15, -0.1) is 4.28 Å². The predicted octanol–water partition coefficient (Wildman–Crippen LogP) is -0.967.